The van der Waals surface area contributed by atoms with Gasteiger partial charge in [0.25, 0.3) is 0 Å². The average molecular weight is 438 g/mol. The molecule has 1 heterocycles. The van der Waals surface area contributed by atoms with Crippen molar-refractivity contribution < 1.29 is 18.1 Å². The first-order valence-electron chi connectivity index (χ1n) is 8.55. The molecule has 3 aromatic rings. The smallest absolute Gasteiger partial charge is 0.349 e. The molecule has 0 amide bonds. The molecular formula is C19H15ClF3N5O2. The van der Waals surface area contributed by atoms with Crippen LogP contribution in [0.3, 0.4) is 0 Å². The van der Waals surface area contributed by atoms with E-state index in [9.17, 15) is 23.3 Å². The van der Waals surface area contributed by atoms with E-state index in [4.69, 9.17) is 11.6 Å². The molecule has 0 fully saturated rings. The largest absolute Gasteiger partial charge is 0.416 e. The number of benzene rings is 2. The number of nitrogens with zero attached hydrogens (tertiary/aromatic N) is 4. The molecule has 2 aromatic carbocycles. The van der Waals surface area contributed by atoms with Gasteiger partial charge in [-0.1, -0.05) is 41.9 Å². The zero-order valence-corrected chi connectivity index (χ0v) is 16.3. The van der Waals surface area contributed by atoms with Crippen molar-refractivity contribution in [1.82, 2.24) is 9.97 Å². The molecule has 11 heteroatoms. The van der Waals surface area contributed by atoms with Crippen LogP contribution >= 0.6 is 11.6 Å². The average Bonchev–Trinajstić information content (AvgIpc) is 2.69. The van der Waals surface area contributed by atoms with Crippen LogP contribution in [0.1, 0.15) is 11.1 Å². The Labute approximate surface area is 174 Å². The molecule has 1 N–H and O–H groups in total. The second kappa shape index (κ2) is 8.54. The van der Waals surface area contributed by atoms with Crippen molar-refractivity contribution in [2.75, 3.05) is 17.3 Å². The normalized spacial score (nSPS) is 11.2. The number of nitrogens with one attached hydrogen (secondary N) is 1. The number of hydrogen-bond donors (Lipinski definition) is 1. The quantitative estimate of drug-likeness (QED) is 0.408. The zero-order valence-electron chi connectivity index (χ0n) is 15.5. The molecule has 30 heavy (non-hydrogen) atoms. The van der Waals surface area contributed by atoms with E-state index in [2.05, 4.69) is 15.3 Å². The molecular weight excluding hydrogens is 423 g/mol. The van der Waals surface area contributed by atoms with E-state index in [1.54, 1.807) is 11.9 Å². The second-order valence-corrected chi connectivity index (χ2v) is 6.72. The number of rotatable bonds is 6. The molecule has 0 radical (unpaired) electrons. The van der Waals surface area contributed by atoms with Gasteiger partial charge in [0.2, 0.25) is 11.6 Å². The molecule has 0 aliphatic heterocycles. The van der Waals surface area contributed by atoms with Gasteiger partial charge in [-0.3, -0.25) is 10.1 Å². The maximum atomic E-state index is 13.0. The topological polar surface area (TPSA) is 84.2 Å². The Hall–Kier alpha value is -3.40. The van der Waals surface area contributed by atoms with Gasteiger partial charge in [0.15, 0.2) is 0 Å². The standard InChI is InChI=1S/C19H15ClF3N5O2/c1-27(10-12-5-3-2-4-6-12)18-16(28(29)30)17(24-11-25-18)26-15-9-13(19(21,22)23)7-8-14(15)20/h2-9,11H,10H2,1H3,(H,24,25,26). The van der Waals surface area contributed by atoms with Gasteiger partial charge in [-0.25, -0.2) is 9.97 Å². The van der Waals surface area contributed by atoms with E-state index in [0.717, 1.165) is 30.1 Å². The molecule has 3 rings (SSSR count). The predicted molar refractivity (Wildman–Crippen MR) is 107 cm³/mol. The Morgan fingerprint density at radius 2 is 1.87 bits per heavy atom. The third-order valence-electron chi connectivity index (χ3n) is 4.16. The molecule has 0 bridgehead atoms. The number of hydrogen-bond acceptors (Lipinski definition) is 6. The summed E-state index contributed by atoms with van der Waals surface area (Å²) in [5.41, 5.74) is -0.703. The first-order valence-corrected chi connectivity index (χ1v) is 8.93. The zero-order chi connectivity index (χ0) is 21.9. The van der Waals surface area contributed by atoms with Crippen molar-refractivity contribution >= 4 is 34.6 Å². The van der Waals surface area contributed by atoms with Gasteiger partial charge in [-0.15, -0.1) is 0 Å². The lowest BCUT2D eigenvalue weighted by Crippen LogP contribution is -2.20. The van der Waals surface area contributed by atoms with E-state index in [1.165, 1.54) is 0 Å². The molecule has 0 atom stereocenters. The Bertz CT molecular complexity index is 1060. The van der Waals surface area contributed by atoms with Gasteiger partial charge in [0, 0.05) is 13.6 Å². The Morgan fingerprint density at radius 3 is 2.50 bits per heavy atom. The van der Waals surface area contributed by atoms with E-state index in [1.807, 2.05) is 30.3 Å². The molecule has 0 aliphatic carbocycles. The predicted octanol–water partition coefficient (Wildman–Crippen LogP) is 5.44. The molecule has 0 saturated heterocycles. The van der Waals surface area contributed by atoms with Crippen LogP contribution in [0.15, 0.2) is 54.9 Å². The summed E-state index contributed by atoms with van der Waals surface area (Å²) in [6.45, 7) is 0.322. The van der Waals surface area contributed by atoms with Gasteiger partial charge < -0.3 is 10.2 Å². The van der Waals surface area contributed by atoms with Gasteiger partial charge in [0.05, 0.1) is 21.2 Å². The maximum absolute atomic E-state index is 13.0. The van der Waals surface area contributed by atoms with Crippen LogP contribution in [0.25, 0.3) is 0 Å². The lowest BCUT2D eigenvalue weighted by atomic mass is 10.2. The van der Waals surface area contributed by atoms with E-state index < -0.39 is 22.4 Å². The van der Waals surface area contributed by atoms with Crippen LogP contribution in [-0.4, -0.2) is 21.9 Å². The fraction of sp³-hybridized carbons (Fsp3) is 0.158. The molecule has 0 spiro atoms. The van der Waals surface area contributed by atoms with Crippen molar-refractivity contribution in [2.45, 2.75) is 12.7 Å². The van der Waals surface area contributed by atoms with Gasteiger partial charge in [-0.2, -0.15) is 13.2 Å². The molecule has 0 unspecified atom stereocenters. The van der Waals surface area contributed by atoms with Crippen molar-refractivity contribution in [3.05, 3.63) is 81.1 Å². The highest BCUT2D eigenvalue weighted by molar-refractivity contribution is 6.33. The number of nitro groups is 1. The van der Waals surface area contributed by atoms with E-state index in [-0.39, 0.29) is 22.3 Å². The van der Waals surface area contributed by atoms with Crippen LogP contribution in [0, 0.1) is 10.1 Å². The number of aromatic nitrogens is 2. The summed E-state index contributed by atoms with van der Waals surface area (Å²) in [5.74, 6) is -0.268. The summed E-state index contributed by atoms with van der Waals surface area (Å²) in [5, 5.41) is 14.2. The number of anilines is 3. The Balaban J connectivity index is 1.99. The summed E-state index contributed by atoms with van der Waals surface area (Å²) < 4.78 is 39.0. The second-order valence-electron chi connectivity index (χ2n) is 6.31. The molecule has 1 aromatic heterocycles. The first kappa shape index (κ1) is 21.3. The molecule has 156 valence electrons. The highest BCUT2D eigenvalue weighted by atomic mass is 35.5. The lowest BCUT2D eigenvalue weighted by Gasteiger charge is -2.19. The van der Waals surface area contributed by atoms with Crippen molar-refractivity contribution in [3.8, 4) is 0 Å². The minimum Gasteiger partial charge on any atom is -0.349 e. The van der Waals surface area contributed by atoms with Crippen molar-refractivity contribution in [1.29, 1.82) is 0 Å². The first-order chi connectivity index (χ1) is 14.2. The molecule has 7 nitrogen and oxygen atoms in total. The third kappa shape index (κ3) is 4.77. The summed E-state index contributed by atoms with van der Waals surface area (Å²) in [4.78, 5) is 20.4. The molecule has 0 aliphatic rings. The van der Waals surface area contributed by atoms with Crippen LogP contribution in [0.4, 0.5) is 36.2 Å². The van der Waals surface area contributed by atoms with Crippen molar-refractivity contribution in [2.24, 2.45) is 0 Å². The number of halogens is 4. The summed E-state index contributed by atoms with van der Waals surface area (Å²) in [6, 6.07) is 11.9. The van der Waals surface area contributed by atoms with E-state index >= 15 is 0 Å². The van der Waals surface area contributed by atoms with Gasteiger partial charge in [0.1, 0.15) is 6.33 Å². The summed E-state index contributed by atoms with van der Waals surface area (Å²) in [7, 11) is 1.61. The van der Waals surface area contributed by atoms with Crippen LogP contribution in [0.2, 0.25) is 5.02 Å². The van der Waals surface area contributed by atoms with Crippen molar-refractivity contribution in [3.63, 3.8) is 0 Å². The monoisotopic (exact) mass is 437 g/mol. The Kier molecular flexibility index (Phi) is 6.06. The fourth-order valence-corrected chi connectivity index (χ4v) is 2.93. The Morgan fingerprint density at radius 1 is 1.17 bits per heavy atom. The van der Waals surface area contributed by atoms with E-state index in [0.29, 0.717) is 6.54 Å². The molecule has 0 saturated carbocycles. The van der Waals surface area contributed by atoms with Crippen LogP contribution < -0.4 is 10.2 Å². The maximum Gasteiger partial charge on any atom is 0.416 e. The van der Waals surface area contributed by atoms with Gasteiger partial charge >= 0.3 is 11.9 Å². The number of alkyl halides is 3. The van der Waals surface area contributed by atoms with Crippen LogP contribution in [0.5, 0.6) is 0 Å². The van der Waals surface area contributed by atoms with Crippen LogP contribution in [-0.2, 0) is 12.7 Å². The highest BCUT2D eigenvalue weighted by Gasteiger charge is 2.32. The minimum absolute atomic E-state index is 0.00412. The third-order valence-corrected chi connectivity index (χ3v) is 4.49. The van der Waals surface area contributed by atoms with Gasteiger partial charge in [-0.05, 0) is 23.8 Å². The SMILES string of the molecule is CN(Cc1ccccc1)c1ncnc(Nc2cc(C(F)(F)F)ccc2Cl)c1[N+](=O)[O-]. The fourth-order valence-electron chi connectivity index (χ4n) is 2.77. The minimum atomic E-state index is -4.60. The summed E-state index contributed by atoms with van der Waals surface area (Å²) >= 11 is 5.98. The lowest BCUT2D eigenvalue weighted by molar-refractivity contribution is -0.383. The highest BCUT2D eigenvalue weighted by Crippen LogP contribution is 2.38. The summed E-state index contributed by atoms with van der Waals surface area (Å²) in [6.07, 6.45) is -3.51.